The maximum Gasteiger partial charge on any atom is 0.270 e. The van der Waals surface area contributed by atoms with Gasteiger partial charge in [-0.1, -0.05) is 0 Å². The molecule has 0 unspecified atom stereocenters. The van der Waals surface area contributed by atoms with Crippen LogP contribution in [0.25, 0.3) is 11.8 Å². The number of carbonyl (C=O) groups excluding carboxylic acids is 2. The monoisotopic (exact) mass is 490 g/mol. The number of nitrogens with zero attached hydrogens (tertiary/aromatic N) is 3. The number of nitrogens with one attached hydrogen (secondary N) is 1. The Balaban J connectivity index is 1.74. The number of hydrogen-bond donors (Lipinski definition) is 1. The van der Waals surface area contributed by atoms with Crippen LogP contribution in [0.1, 0.15) is 22.5 Å². The molecule has 0 bridgehead atoms. The summed E-state index contributed by atoms with van der Waals surface area (Å²) >= 11 is 5.26. The SMILES string of the molecule is COc1ccc(N2C(=O)C(=Cc3cc(C)n(-c4ccc([N+](=O)[O-])cc4C)c3C)C(=O)NC2=S)cc1. The number of aryl methyl sites for hydroxylation is 2. The number of amides is 2. The quantitative estimate of drug-likeness (QED) is 0.189. The van der Waals surface area contributed by atoms with E-state index in [1.165, 1.54) is 23.1 Å². The smallest absolute Gasteiger partial charge is 0.270 e. The van der Waals surface area contributed by atoms with E-state index in [0.717, 1.165) is 22.6 Å². The van der Waals surface area contributed by atoms with Crippen molar-refractivity contribution in [3.05, 3.63) is 86.7 Å². The number of nitro benzene ring substituents is 1. The van der Waals surface area contributed by atoms with Crippen LogP contribution in [0.5, 0.6) is 5.75 Å². The molecule has 2 aromatic carbocycles. The Morgan fingerprint density at radius 1 is 1.06 bits per heavy atom. The van der Waals surface area contributed by atoms with E-state index in [4.69, 9.17) is 17.0 Å². The molecular weight excluding hydrogens is 468 g/mol. The van der Waals surface area contributed by atoms with E-state index in [9.17, 15) is 19.7 Å². The number of nitro groups is 1. The van der Waals surface area contributed by atoms with Crippen molar-refractivity contribution in [3.63, 3.8) is 0 Å². The third kappa shape index (κ3) is 4.31. The number of methoxy groups -OCH3 is 1. The van der Waals surface area contributed by atoms with Crippen molar-refractivity contribution < 1.29 is 19.2 Å². The van der Waals surface area contributed by atoms with Crippen LogP contribution in [0.2, 0.25) is 0 Å². The molecule has 3 aromatic rings. The molecule has 4 rings (SSSR count). The van der Waals surface area contributed by atoms with Crippen molar-refractivity contribution >= 4 is 46.6 Å². The molecule has 0 spiro atoms. The molecule has 0 aliphatic carbocycles. The average Bonchev–Trinajstić information content (AvgIpc) is 3.09. The Kier molecular flexibility index (Phi) is 6.23. The van der Waals surface area contributed by atoms with Crippen molar-refractivity contribution in [2.24, 2.45) is 0 Å². The summed E-state index contributed by atoms with van der Waals surface area (Å²) in [5.74, 6) is -0.501. The third-order valence-corrected chi connectivity index (χ3v) is 6.12. The lowest BCUT2D eigenvalue weighted by Crippen LogP contribution is -2.54. The van der Waals surface area contributed by atoms with E-state index >= 15 is 0 Å². The highest BCUT2D eigenvalue weighted by Crippen LogP contribution is 2.29. The van der Waals surface area contributed by atoms with Crippen molar-refractivity contribution in [1.82, 2.24) is 9.88 Å². The summed E-state index contributed by atoms with van der Waals surface area (Å²) in [6.45, 7) is 5.54. The zero-order valence-corrected chi connectivity index (χ0v) is 20.3. The van der Waals surface area contributed by atoms with Gasteiger partial charge < -0.3 is 9.30 Å². The fraction of sp³-hybridized carbons (Fsp3) is 0.160. The molecule has 9 nitrogen and oxygen atoms in total. The van der Waals surface area contributed by atoms with Gasteiger partial charge in [0.25, 0.3) is 17.5 Å². The van der Waals surface area contributed by atoms with Crippen LogP contribution >= 0.6 is 12.2 Å². The van der Waals surface area contributed by atoms with Crippen molar-refractivity contribution in [2.75, 3.05) is 12.0 Å². The number of anilines is 1. The number of aromatic nitrogens is 1. The van der Waals surface area contributed by atoms with E-state index in [1.54, 1.807) is 44.4 Å². The van der Waals surface area contributed by atoms with Gasteiger partial charge >= 0.3 is 0 Å². The van der Waals surface area contributed by atoms with Crippen molar-refractivity contribution in [3.8, 4) is 11.4 Å². The first-order valence-electron chi connectivity index (χ1n) is 10.6. The zero-order chi connectivity index (χ0) is 25.4. The van der Waals surface area contributed by atoms with Crippen LogP contribution in [0.4, 0.5) is 11.4 Å². The maximum atomic E-state index is 13.3. The molecule has 0 saturated carbocycles. The molecule has 1 N–H and O–H groups in total. The molecule has 1 fully saturated rings. The van der Waals surface area contributed by atoms with Crippen LogP contribution in [-0.4, -0.2) is 33.5 Å². The Morgan fingerprint density at radius 2 is 1.74 bits per heavy atom. The molecule has 1 aliphatic rings. The number of ether oxygens (including phenoxy) is 1. The number of carbonyl (C=O) groups is 2. The Morgan fingerprint density at radius 3 is 2.34 bits per heavy atom. The molecule has 1 aromatic heterocycles. The zero-order valence-electron chi connectivity index (χ0n) is 19.5. The Bertz CT molecular complexity index is 1420. The van der Waals surface area contributed by atoms with Gasteiger partial charge in [0, 0.05) is 29.2 Å². The minimum Gasteiger partial charge on any atom is -0.497 e. The van der Waals surface area contributed by atoms with E-state index in [-0.39, 0.29) is 16.4 Å². The van der Waals surface area contributed by atoms with Crippen molar-refractivity contribution in [2.45, 2.75) is 20.8 Å². The van der Waals surface area contributed by atoms with Crippen molar-refractivity contribution in [1.29, 1.82) is 0 Å². The first kappa shape index (κ1) is 23.8. The first-order valence-corrected chi connectivity index (χ1v) is 11.0. The van der Waals surface area contributed by atoms with Gasteiger partial charge in [-0.3, -0.25) is 29.9 Å². The van der Waals surface area contributed by atoms with Crippen LogP contribution in [0.3, 0.4) is 0 Å². The largest absolute Gasteiger partial charge is 0.497 e. The molecule has 1 aliphatic heterocycles. The number of non-ortho nitro benzene ring substituents is 1. The summed E-state index contributed by atoms with van der Waals surface area (Å²) < 4.78 is 7.10. The molecule has 0 radical (unpaired) electrons. The molecule has 10 heteroatoms. The molecule has 35 heavy (non-hydrogen) atoms. The van der Waals surface area contributed by atoms with E-state index < -0.39 is 16.7 Å². The first-order chi connectivity index (χ1) is 16.6. The van der Waals surface area contributed by atoms with E-state index in [1.807, 2.05) is 24.5 Å². The molecule has 1 saturated heterocycles. The van der Waals surface area contributed by atoms with Crippen LogP contribution in [-0.2, 0) is 9.59 Å². The lowest BCUT2D eigenvalue weighted by atomic mass is 10.1. The molecule has 2 heterocycles. The second kappa shape index (κ2) is 9.15. The highest BCUT2D eigenvalue weighted by Gasteiger charge is 2.34. The number of thiocarbonyl (C=S) groups is 1. The second-order valence-electron chi connectivity index (χ2n) is 8.05. The number of hydrogen-bond acceptors (Lipinski definition) is 6. The fourth-order valence-corrected chi connectivity index (χ4v) is 4.37. The second-order valence-corrected chi connectivity index (χ2v) is 8.43. The van der Waals surface area contributed by atoms with E-state index in [0.29, 0.717) is 17.0 Å². The highest BCUT2D eigenvalue weighted by atomic mass is 32.1. The summed E-state index contributed by atoms with van der Waals surface area (Å²) in [4.78, 5) is 38.0. The summed E-state index contributed by atoms with van der Waals surface area (Å²) in [6.07, 6.45) is 1.54. The van der Waals surface area contributed by atoms with Gasteiger partial charge in [-0.2, -0.15) is 0 Å². The summed E-state index contributed by atoms with van der Waals surface area (Å²) in [5, 5.41) is 13.7. The number of benzene rings is 2. The van der Waals surface area contributed by atoms with E-state index in [2.05, 4.69) is 5.32 Å². The predicted octanol–water partition coefficient (Wildman–Crippen LogP) is 4.15. The minimum atomic E-state index is -0.582. The lowest BCUT2D eigenvalue weighted by molar-refractivity contribution is -0.384. The van der Waals surface area contributed by atoms with Gasteiger partial charge in [0.1, 0.15) is 11.3 Å². The van der Waals surface area contributed by atoms with Crippen LogP contribution < -0.4 is 15.0 Å². The van der Waals surface area contributed by atoms with Gasteiger partial charge in [0.05, 0.1) is 17.7 Å². The summed E-state index contributed by atoms with van der Waals surface area (Å²) in [5.41, 5.74) is 4.23. The Labute approximate surface area is 206 Å². The topological polar surface area (TPSA) is 107 Å². The standard InChI is InChI=1S/C25H22N4O5S/c1-14-11-19(29(32)33)7-10-22(14)27-15(2)12-17(16(27)3)13-21-23(30)26-25(35)28(24(21)31)18-5-8-20(34-4)9-6-18/h5-13H,1-4H3,(H,26,30,35). The molecule has 2 amide bonds. The van der Waals surface area contributed by atoms with Gasteiger partial charge in [-0.15, -0.1) is 0 Å². The van der Waals surface area contributed by atoms with Crippen LogP contribution in [0.15, 0.2) is 54.1 Å². The Hall–Kier alpha value is -4.31. The average molecular weight is 491 g/mol. The van der Waals surface area contributed by atoms with Crippen LogP contribution in [0, 0.1) is 30.9 Å². The lowest BCUT2D eigenvalue weighted by Gasteiger charge is -2.29. The third-order valence-electron chi connectivity index (χ3n) is 5.83. The van der Waals surface area contributed by atoms with Gasteiger partial charge in [-0.25, -0.2) is 0 Å². The maximum absolute atomic E-state index is 13.3. The molecule has 0 atom stereocenters. The minimum absolute atomic E-state index is 0.00528. The van der Waals surface area contributed by atoms with Gasteiger partial charge in [-0.05, 0) is 86.6 Å². The van der Waals surface area contributed by atoms with Gasteiger partial charge in [0.2, 0.25) is 0 Å². The summed E-state index contributed by atoms with van der Waals surface area (Å²) in [6, 6.07) is 13.3. The molecule has 178 valence electrons. The highest BCUT2D eigenvalue weighted by molar-refractivity contribution is 7.80. The number of rotatable bonds is 5. The fourth-order valence-electron chi connectivity index (χ4n) is 4.09. The summed E-state index contributed by atoms with van der Waals surface area (Å²) in [7, 11) is 1.54. The predicted molar refractivity (Wildman–Crippen MR) is 136 cm³/mol. The normalized spacial score (nSPS) is 14.9. The van der Waals surface area contributed by atoms with Gasteiger partial charge in [0.15, 0.2) is 5.11 Å². The molecular formula is C25H22N4O5S.